The van der Waals surface area contributed by atoms with Gasteiger partial charge in [0.25, 0.3) is 5.91 Å². The Kier molecular flexibility index (Phi) is 5.84. The molecule has 7 heteroatoms. The highest BCUT2D eigenvalue weighted by Crippen LogP contribution is 2.18. The normalized spacial score (nSPS) is 22.4. The fourth-order valence-electron chi connectivity index (χ4n) is 3.56. The minimum atomic E-state index is -0.118. The number of carbonyl (C=O) groups is 1. The van der Waals surface area contributed by atoms with Gasteiger partial charge in [0.1, 0.15) is 0 Å². The van der Waals surface area contributed by atoms with Crippen LogP contribution < -0.4 is 10.6 Å². The Bertz CT molecular complexity index is 531. The predicted octanol–water partition coefficient (Wildman–Crippen LogP) is 1.05. The van der Waals surface area contributed by atoms with Crippen LogP contribution >= 0.6 is 0 Å². The van der Waals surface area contributed by atoms with Crippen LogP contribution in [-0.4, -0.2) is 64.6 Å². The van der Waals surface area contributed by atoms with Gasteiger partial charge in [-0.2, -0.15) is 0 Å². The molecule has 0 aromatic carbocycles. The van der Waals surface area contributed by atoms with Crippen LogP contribution in [0.25, 0.3) is 0 Å². The Balaban J connectivity index is 1.47. The van der Waals surface area contributed by atoms with E-state index in [0.29, 0.717) is 24.3 Å². The van der Waals surface area contributed by atoms with Gasteiger partial charge in [-0.15, -0.1) is 5.10 Å². The van der Waals surface area contributed by atoms with Crippen molar-refractivity contribution in [1.82, 2.24) is 30.5 Å². The Morgan fingerprint density at radius 1 is 1.33 bits per heavy atom. The molecular formula is C17H30N6O. The maximum atomic E-state index is 12.3. The Labute approximate surface area is 144 Å². The number of nitrogens with one attached hydrogen (secondary N) is 2. The molecule has 0 spiro atoms. The maximum absolute atomic E-state index is 12.3. The van der Waals surface area contributed by atoms with E-state index in [1.807, 2.05) is 4.68 Å². The van der Waals surface area contributed by atoms with E-state index in [2.05, 4.69) is 39.7 Å². The molecule has 1 atom stereocenters. The Hall–Kier alpha value is -1.47. The fraction of sp³-hybridized carbons (Fsp3) is 0.824. The second-order valence-electron chi connectivity index (χ2n) is 7.34. The number of hydrogen-bond acceptors (Lipinski definition) is 5. The summed E-state index contributed by atoms with van der Waals surface area (Å²) in [5.74, 6) is 0.709. The molecule has 2 aliphatic heterocycles. The summed E-state index contributed by atoms with van der Waals surface area (Å²) < 4.78 is 1.85. The van der Waals surface area contributed by atoms with E-state index in [0.717, 1.165) is 44.9 Å². The molecule has 2 saturated heterocycles. The summed E-state index contributed by atoms with van der Waals surface area (Å²) >= 11 is 0. The average Bonchev–Trinajstić information content (AvgIpc) is 3.11. The van der Waals surface area contributed by atoms with Gasteiger partial charge in [-0.25, -0.2) is 4.68 Å². The van der Waals surface area contributed by atoms with Crippen molar-refractivity contribution in [2.24, 2.45) is 5.92 Å². The standard InChI is InChI=1S/C17H30N6O/c1-13-5-9-22(10-6-13)14(2)11-19-17(24)16-12-23(21-20-16)15-3-7-18-8-4-15/h12-15,18H,3-11H2,1-2H3,(H,19,24). The molecule has 1 aromatic heterocycles. The lowest BCUT2D eigenvalue weighted by molar-refractivity contribution is 0.0916. The lowest BCUT2D eigenvalue weighted by Crippen LogP contribution is -2.45. The molecule has 24 heavy (non-hydrogen) atoms. The van der Waals surface area contributed by atoms with Gasteiger partial charge in [-0.3, -0.25) is 9.69 Å². The smallest absolute Gasteiger partial charge is 0.273 e. The van der Waals surface area contributed by atoms with E-state index >= 15 is 0 Å². The molecule has 0 saturated carbocycles. The third-order valence-corrected chi connectivity index (χ3v) is 5.43. The van der Waals surface area contributed by atoms with E-state index in [4.69, 9.17) is 0 Å². The minimum Gasteiger partial charge on any atom is -0.349 e. The summed E-state index contributed by atoms with van der Waals surface area (Å²) in [5, 5.41) is 14.6. The summed E-state index contributed by atoms with van der Waals surface area (Å²) in [4.78, 5) is 14.8. The van der Waals surface area contributed by atoms with E-state index in [-0.39, 0.29) is 5.91 Å². The molecule has 134 valence electrons. The fourth-order valence-corrected chi connectivity index (χ4v) is 3.56. The van der Waals surface area contributed by atoms with Crippen molar-refractivity contribution in [3.8, 4) is 0 Å². The summed E-state index contributed by atoms with van der Waals surface area (Å²) in [6.45, 7) is 9.41. The third-order valence-electron chi connectivity index (χ3n) is 5.43. The summed E-state index contributed by atoms with van der Waals surface area (Å²) in [7, 11) is 0. The van der Waals surface area contributed by atoms with Crippen LogP contribution in [0.15, 0.2) is 6.20 Å². The predicted molar refractivity (Wildman–Crippen MR) is 92.9 cm³/mol. The zero-order chi connectivity index (χ0) is 16.9. The number of likely N-dealkylation sites (tertiary alicyclic amines) is 1. The Morgan fingerprint density at radius 3 is 2.75 bits per heavy atom. The van der Waals surface area contributed by atoms with Gasteiger partial charge < -0.3 is 10.6 Å². The second kappa shape index (κ2) is 8.07. The number of amides is 1. The van der Waals surface area contributed by atoms with Crippen molar-refractivity contribution >= 4 is 5.91 Å². The molecule has 3 rings (SSSR count). The average molecular weight is 334 g/mol. The molecular weight excluding hydrogens is 304 g/mol. The monoisotopic (exact) mass is 334 g/mol. The van der Waals surface area contributed by atoms with Gasteiger partial charge in [-0.1, -0.05) is 12.1 Å². The van der Waals surface area contributed by atoms with Crippen molar-refractivity contribution in [3.63, 3.8) is 0 Å². The van der Waals surface area contributed by atoms with Crippen LogP contribution in [-0.2, 0) is 0 Å². The molecule has 1 aromatic rings. The van der Waals surface area contributed by atoms with Crippen LogP contribution in [0.3, 0.4) is 0 Å². The van der Waals surface area contributed by atoms with Crippen LogP contribution in [0.2, 0.25) is 0 Å². The van der Waals surface area contributed by atoms with Gasteiger partial charge in [0, 0.05) is 12.6 Å². The van der Waals surface area contributed by atoms with Crippen molar-refractivity contribution in [2.75, 3.05) is 32.7 Å². The van der Waals surface area contributed by atoms with Crippen molar-refractivity contribution in [3.05, 3.63) is 11.9 Å². The van der Waals surface area contributed by atoms with Gasteiger partial charge in [0.05, 0.1) is 12.2 Å². The molecule has 0 bridgehead atoms. The molecule has 7 nitrogen and oxygen atoms in total. The summed E-state index contributed by atoms with van der Waals surface area (Å²) in [6, 6.07) is 0.718. The zero-order valence-electron chi connectivity index (χ0n) is 14.9. The largest absolute Gasteiger partial charge is 0.349 e. The van der Waals surface area contributed by atoms with Gasteiger partial charge in [0.2, 0.25) is 0 Å². The Morgan fingerprint density at radius 2 is 2.04 bits per heavy atom. The highest BCUT2D eigenvalue weighted by Gasteiger charge is 2.22. The molecule has 1 amide bonds. The first-order valence-corrected chi connectivity index (χ1v) is 9.28. The van der Waals surface area contributed by atoms with E-state index < -0.39 is 0 Å². The first kappa shape index (κ1) is 17.4. The topological polar surface area (TPSA) is 75.1 Å². The third kappa shape index (κ3) is 4.33. The van der Waals surface area contributed by atoms with Gasteiger partial charge in [-0.05, 0) is 64.7 Å². The summed E-state index contributed by atoms with van der Waals surface area (Å²) in [6.07, 6.45) is 6.37. The zero-order valence-corrected chi connectivity index (χ0v) is 14.9. The SMILES string of the molecule is CC1CCN(C(C)CNC(=O)c2cn(C3CCNCC3)nn2)CC1. The minimum absolute atomic E-state index is 0.118. The molecule has 2 N–H and O–H groups in total. The number of rotatable bonds is 5. The van der Waals surface area contributed by atoms with Crippen molar-refractivity contribution < 1.29 is 4.79 Å². The van der Waals surface area contributed by atoms with Crippen molar-refractivity contribution in [2.45, 2.75) is 51.6 Å². The maximum Gasteiger partial charge on any atom is 0.273 e. The summed E-state index contributed by atoms with van der Waals surface area (Å²) in [5.41, 5.74) is 0.424. The quantitative estimate of drug-likeness (QED) is 0.842. The molecule has 3 heterocycles. The second-order valence-corrected chi connectivity index (χ2v) is 7.34. The highest BCUT2D eigenvalue weighted by molar-refractivity contribution is 5.91. The first-order valence-electron chi connectivity index (χ1n) is 9.28. The first-order chi connectivity index (χ1) is 11.6. The molecule has 0 radical (unpaired) electrons. The van der Waals surface area contributed by atoms with Crippen molar-refractivity contribution in [1.29, 1.82) is 0 Å². The van der Waals surface area contributed by atoms with E-state index in [1.165, 1.54) is 12.8 Å². The highest BCUT2D eigenvalue weighted by atomic mass is 16.2. The van der Waals surface area contributed by atoms with E-state index in [9.17, 15) is 4.79 Å². The van der Waals surface area contributed by atoms with Crippen LogP contribution in [0.4, 0.5) is 0 Å². The van der Waals surface area contributed by atoms with Crippen LogP contribution in [0, 0.1) is 5.92 Å². The lowest BCUT2D eigenvalue weighted by Gasteiger charge is -2.34. The molecule has 0 aliphatic carbocycles. The number of hydrogen-bond donors (Lipinski definition) is 2. The lowest BCUT2D eigenvalue weighted by atomic mass is 9.98. The number of aromatic nitrogens is 3. The molecule has 2 fully saturated rings. The number of piperidine rings is 2. The number of nitrogens with zero attached hydrogens (tertiary/aromatic N) is 4. The van der Waals surface area contributed by atoms with Crippen LogP contribution in [0.1, 0.15) is 56.1 Å². The number of carbonyl (C=O) groups excluding carboxylic acids is 1. The molecule has 2 aliphatic rings. The van der Waals surface area contributed by atoms with E-state index in [1.54, 1.807) is 6.20 Å². The molecule has 1 unspecified atom stereocenters. The van der Waals surface area contributed by atoms with Gasteiger partial charge >= 0.3 is 0 Å². The van der Waals surface area contributed by atoms with Gasteiger partial charge in [0.15, 0.2) is 5.69 Å². The van der Waals surface area contributed by atoms with Crippen LogP contribution in [0.5, 0.6) is 0 Å².